The van der Waals surface area contributed by atoms with Gasteiger partial charge in [0, 0.05) is 0 Å². The van der Waals surface area contributed by atoms with E-state index in [1.807, 2.05) is 6.07 Å². The van der Waals surface area contributed by atoms with Crippen LogP contribution in [0.4, 0.5) is 0 Å². The van der Waals surface area contributed by atoms with E-state index in [-0.39, 0.29) is 5.75 Å². The molecule has 1 aromatic heterocycles. The van der Waals surface area contributed by atoms with Crippen LogP contribution in [0.2, 0.25) is 0 Å². The third kappa shape index (κ3) is 2.76. The Hall–Kier alpha value is -0.930. The van der Waals surface area contributed by atoms with Gasteiger partial charge >= 0.3 is 0 Å². The normalized spacial score (nSPS) is 11.7. The SMILES string of the molecule is Cc1nc(CS(=O)(=O)C(C)C)sc1C#N. The molecule has 0 bridgehead atoms. The van der Waals surface area contributed by atoms with Crippen LogP contribution in [0.25, 0.3) is 0 Å². The molecule has 1 heterocycles. The lowest BCUT2D eigenvalue weighted by molar-refractivity contribution is 0.586. The quantitative estimate of drug-likeness (QED) is 0.810. The van der Waals surface area contributed by atoms with E-state index in [0.29, 0.717) is 15.6 Å². The Kier molecular flexibility index (Phi) is 3.47. The predicted molar refractivity (Wildman–Crippen MR) is 59.3 cm³/mol. The van der Waals surface area contributed by atoms with Crippen molar-refractivity contribution in [1.29, 1.82) is 5.26 Å². The van der Waals surface area contributed by atoms with E-state index in [0.717, 1.165) is 11.3 Å². The second kappa shape index (κ2) is 4.29. The van der Waals surface area contributed by atoms with E-state index < -0.39 is 15.1 Å². The molecule has 0 amide bonds. The van der Waals surface area contributed by atoms with E-state index in [1.165, 1.54) is 0 Å². The van der Waals surface area contributed by atoms with Crippen LogP contribution in [0.3, 0.4) is 0 Å². The smallest absolute Gasteiger partial charge is 0.159 e. The Bertz CT molecular complexity index is 495. The highest BCUT2D eigenvalue weighted by molar-refractivity contribution is 7.91. The van der Waals surface area contributed by atoms with Crippen LogP contribution in [-0.2, 0) is 15.6 Å². The minimum Gasteiger partial charge on any atom is -0.244 e. The summed E-state index contributed by atoms with van der Waals surface area (Å²) < 4.78 is 23.2. The minimum absolute atomic E-state index is 0.0716. The molecule has 0 fully saturated rings. The molecular formula is C9H12N2O2S2. The lowest BCUT2D eigenvalue weighted by Crippen LogP contribution is -2.15. The molecule has 0 unspecified atom stereocenters. The zero-order valence-electron chi connectivity index (χ0n) is 8.81. The van der Waals surface area contributed by atoms with Crippen molar-refractivity contribution in [3.05, 3.63) is 15.6 Å². The Balaban J connectivity index is 2.97. The zero-order chi connectivity index (χ0) is 11.6. The first kappa shape index (κ1) is 12.1. The van der Waals surface area contributed by atoms with Crippen LogP contribution >= 0.6 is 11.3 Å². The van der Waals surface area contributed by atoms with E-state index in [4.69, 9.17) is 5.26 Å². The van der Waals surface area contributed by atoms with Gasteiger partial charge < -0.3 is 0 Å². The second-order valence-corrected chi connectivity index (χ2v) is 7.13. The summed E-state index contributed by atoms with van der Waals surface area (Å²) in [5, 5.41) is 8.80. The molecule has 0 spiro atoms. The van der Waals surface area contributed by atoms with Gasteiger partial charge in [-0.25, -0.2) is 13.4 Å². The van der Waals surface area contributed by atoms with Gasteiger partial charge in [0.25, 0.3) is 0 Å². The highest BCUT2D eigenvalue weighted by atomic mass is 32.2. The van der Waals surface area contributed by atoms with Gasteiger partial charge in [-0.15, -0.1) is 11.3 Å². The summed E-state index contributed by atoms with van der Waals surface area (Å²) in [7, 11) is -3.12. The van der Waals surface area contributed by atoms with Gasteiger partial charge in [0.2, 0.25) is 0 Å². The number of hydrogen-bond donors (Lipinski definition) is 0. The fourth-order valence-electron chi connectivity index (χ4n) is 0.957. The summed E-state index contributed by atoms with van der Waals surface area (Å²) in [4.78, 5) is 4.56. The molecule has 0 N–H and O–H groups in total. The monoisotopic (exact) mass is 244 g/mol. The van der Waals surface area contributed by atoms with Crippen LogP contribution in [-0.4, -0.2) is 18.7 Å². The highest BCUT2D eigenvalue weighted by Gasteiger charge is 2.19. The first-order chi connectivity index (χ1) is 6.86. The number of sulfone groups is 1. The molecule has 0 saturated carbocycles. The van der Waals surface area contributed by atoms with Crippen molar-refractivity contribution in [2.75, 3.05) is 0 Å². The first-order valence-corrected chi connectivity index (χ1v) is 6.98. The number of aryl methyl sites for hydroxylation is 1. The van der Waals surface area contributed by atoms with Gasteiger partial charge in [-0.05, 0) is 20.8 Å². The summed E-state index contributed by atoms with van der Waals surface area (Å²) in [6.45, 7) is 4.99. The van der Waals surface area contributed by atoms with Gasteiger partial charge in [-0.1, -0.05) is 0 Å². The van der Waals surface area contributed by atoms with Crippen LogP contribution in [0.15, 0.2) is 0 Å². The van der Waals surface area contributed by atoms with E-state index in [9.17, 15) is 8.42 Å². The average Bonchev–Trinajstić information content (AvgIpc) is 2.44. The Morgan fingerprint density at radius 2 is 2.13 bits per heavy atom. The fraction of sp³-hybridized carbons (Fsp3) is 0.556. The maximum absolute atomic E-state index is 11.6. The van der Waals surface area contributed by atoms with Crippen molar-refractivity contribution in [2.24, 2.45) is 0 Å². The molecule has 15 heavy (non-hydrogen) atoms. The molecule has 4 nitrogen and oxygen atoms in total. The van der Waals surface area contributed by atoms with Crippen molar-refractivity contribution in [3.8, 4) is 6.07 Å². The fourth-order valence-corrected chi connectivity index (χ4v) is 3.08. The standard InChI is InChI=1S/C9H12N2O2S2/c1-6(2)15(12,13)5-9-11-7(3)8(4-10)14-9/h6H,5H2,1-3H3. The minimum atomic E-state index is -3.12. The summed E-state index contributed by atoms with van der Waals surface area (Å²) >= 11 is 1.15. The second-order valence-electron chi connectivity index (χ2n) is 3.49. The summed E-state index contributed by atoms with van der Waals surface area (Å²) in [5.41, 5.74) is 0.608. The molecule has 0 atom stereocenters. The summed E-state index contributed by atoms with van der Waals surface area (Å²) in [6, 6.07) is 1.99. The molecule has 0 saturated heterocycles. The molecule has 0 radical (unpaired) electrons. The number of thiazole rings is 1. The largest absolute Gasteiger partial charge is 0.244 e. The average molecular weight is 244 g/mol. The van der Waals surface area contributed by atoms with Gasteiger partial charge in [0.05, 0.1) is 10.9 Å². The molecule has 0 aliphatic rings. The Morgan fingerprint density at radius 3 is 2.53 bits per heavy atom. The molecular weight excluding hydrogens is 232 g/mol. The predicted octanol–water partition coefficient (Wildman–Crippen LogP) is 1.65. The van der Waals surface area contributed by atoms with Gasteiger partial charge in [-0.2, -0.15) is 5.26 Å². The number of aromatic nitrogens is 1. The third-order valence-electron chi connectivity index (χ3n) is 1.99. The molecule has 0 aliphatic heterocycles. The zero-order valence-corrected chi connectivity index (χ0v) is 10.4. The van der Waals surface area contributed by atoms with Crippen LogP contribution < -0.4 is 0 Å². The lowest BCUT2D eigenvalue weighted by Gasteiger charge is -2.04. The molecule has 82 valence electrons. The van der Waals surface area contributed by atoms with Crippen LogP contribution in [0, 0.1) is 18.3 Å². The van der Waals surface area contributed by atoms with Crippen molar-refractivity contribution in [3.63, 3.8) is 0 Å². The molecule has 1 aromatic rings. The maximum atomic E-state index is 11.6. The molecule has 1 rings (SSSR count). The van der Waals surface area contributed by atoms with E-state index in [2.05, 4.69) is 4.98 Å². The third-order valence-corrected chi connectivity index (χ3v) is 5.34. The Morgan fingerprint density at radius 1 is 1.53 bits per heavy atom. The lowest BCUT2D eigenvalue weighted by atomic mass is 10.4. The van der Waals surface area contributed by atoms with Crippen LogP contribution in [0.1, 0.15) is 29.4 Å². The Labute approximate surface area is 93.5 Å². The number of hydrogen-bond acceptors (Lipinski definition) is 5. The first-order valence-electron chi connectivity index (χ1n) is 4.45. The summed E-state index contributed by atoms with van der Waals surface area (Å²) in [6.07, 6.45) is 0. The molecule has 0 aromatic carbocycles. The molecule has 0 aliphatic carbocycles. The van der Waals surface area contributed by atoms with Crippen molar-refractivity contribution >= 4 is 21.2 Å². The topological polar surface area (TPSA) is 70.8 Å². The maximum Gasteiger partial charge on any atom is 0.159 e. The number of nitrogens with zero attached hydrogens (tertiary/aromatic N) is 2. The van der Waals surface area contributed by atoms with Crippen LogP contribution in [0.5, 0.6) is 0 Å². The number of nitriles is 1. The van der Waals surface area contributed by atoms with Crippen molar-refractivity contribution in [2.45, 2.75) is 31.8 Å². The van der Waals surface area contributed by atoms with Gasteiger partial charge in [0.1, 0.15) is 21.7 Å². The van der Waals surface area contributed by atoms with Crippen molar-refractivity contribution < 1.29 is 8.42 Å². The van der Waals surface area contributed by atoms with E-state index in [1.54, 1.807) is 20.8 Å². The van der Waals surface area contributed by atoms with Crippen molar-refractivity contribution in [1.82, 2.24) is 4.98 Å². The highest BCUT2D eigenvalue weighted by Crippen LogP contribution is 2.20. The van der Waals surface area contributed by atoms with E-state index >= 15 is 0 Å². The van der Waals surface area contributed by atoms with Gasteiger partial charge in [0.15, 0.2) is 9.84 Å². The summed E-state index contributed by atoms with van der Waals surface area (Å²) in [5.74, 6) is -0.0716. The van der Waals surface area contributed by atoms with Gasteiger partial charge in [-0.3, -0.25) is 0 Å². The number of rotatable bonds is 3. The molecule has 6 heteroatoms.